The van der Waals surface area contributed by atoms with Gasteiger partial charge in [0.25, 0.3) is 0 Å². The van der Waals surface area contributed by atoms with Gasteiger partial charge in [-0.15, -0.1) is 0 Å². The van der Waals surface area contributed by atoms with Gasteiger partial charge in [-0.1, -0.05) is 29.8 Å². The molecule has 2 amide bonds. The summed E-state index contributed by atoms with van der Waals surface area (Å²) in [6.45, 7) is 3.71. The summed E-state index contributed by atoms with van der Waals surface area (Å²) in [7, 11) is 0. The van der Waals surface area contributed by atoms with E-state index in [9.17, 15) is 4.79 Å². The van der Waals surface area contributed by atoms with Crippen molar-refractivity contribution in [3.05, 3.63) is 53.6 Å². The highest BCUT2D eigenvalue weighted by molar-refractivity contribution is 5.89. The summed E-state index contributed by atoms with van der Waals surface area (Å²) in [5.74, 6) is 2.19. The van der Waals surface area contributed by atoms with Crippen molar-refractivity contribution >= 4 is 11.7 Å². The molecule has 5 nitrogen and oxygen atoms in total. The predicted octanol–water partition coefficient (Wildman–Crippen LogP) is 3.44. The maximum absolute atomic E-state index is 12.3. The molecular weight excluding hydrogens is 312 g/mol. The van der Waals surface area contributed by atoms with E-state index in [1.807, 2.05) is 4.90 Å². The molecule has 0 atom stereocenters. The predicted molar refractivity (Wildman–Crippen MR) is 97.4 cm³/mol. The number of amides is 2. The Morgan fingerprint density at radius 2 is 1.76 bits per heavy atom. The summed E-state index contributed by atoms with van der Waals surface area (Å²) >= 11 is 0. The Labute approximate surface area is 148 Å². The molecule has 1 aliphatic carbocycles. The number of hydrogen-bond acceptors (Lipinski definition) is 3. The van der Waals surface area contributed by atoms with Crippen molar-refractivity contribution in [1.82, 2.24) is 14.9 Å². The second-order valence-corrected chi connectivity index (χ2v) is 7.43. The van der Waals surface area contributed by atoms with E-state index in [1.165, 1.54) is 24.0 Å². The number of aryl methyl sites for hydroxylation is 1. The fourth-order valence-corrected chi connectivity index (χ4v) is 3.23. The van der Waals surface area contributed by atoms with Crippen LogP contribution in [0.25, 0.3) is 0 Å². The van der Waals surface area contributed by atoms with Crippen LogP contribution >= 0.6 is 0 Å². The number of urea groups is 1. The zero-order valence-electron chi connectivity index (χ0n) is 14.6. The Morgan fingerprint density at radius 1 is 1.08 bits per heavy atom. The number of carbonyl (C=O) groups excluding carboxylic acids is 1. The maximum atomic E-state index is 12.3. The van der Waals surface area contributed by atoms with E-state index in [4.69, 9.17) is 0 Å². The molecule has 25 heavy (non-hydrogen) atoms. The van der Waals surface area contributed by atoms with Gasteiger partial charge in [0, 0.05) is 19.5 Å². The molecule has 1 N–H and O–H groups in total. The molecule has 2 heterocycles. The van der Waals surface area contributed by atoms with Gasteiger partial charge in [0.05, 0.1) is 18.1 Å². The molecule has 130 valence electrons. The number of benzene rings is 1. The van der Waals surface area contributed by atoms with Crippen molar-refractivity contribution in [2.24, 2.45) is 11.8 Å². The summed E-state index contributed by atoms with van der Waals surface area (Å²) < 4.78 is 0. The first-order valence-electron chi connectivity index (χ1n) is 9.08. The van der Waals surface area contributed by atoms with Crippen LogP contribution in [0.2, 0.25) is 0 Å². The number of carbonyl (C=O) groups is 1. The summed E-state index contributed by atoms with van der Waals surface area (Å²) in [5, 5.41) is 2.89. The maximum Gasteiger partial charge on any atom is 0.321 e. The molecule has 1 aliphatic heterocycles. The van der Waals surface area contributed by atoms with Crippen molar-refractivity contribution in [2.75, 3.05) is 18.4 Å². The number of rotatable bonds is 5. The second-order valence-electron chi connectivity index (χ2n) is 7.43. The average Bonchev–Trinajstić information content (AvgIpc) is 3.38. The first-order valence-corrected chi connectivity index (χ1v) is 9.08. The lowest BCUT2D eigenvalue weighted by Crippen LogP contribution is -2.52. The molecule has 1 saturated carbocycles. The van der Waals surface area contributed by atoms with E-state index < -0.39 is 0 Å². The average molecular weight is 336 g/mol. The minimum absolute atomic E-state index is 0.0568. The molecule has 0 spiro atoms. The molecule has 1 saturated heterocycles. The molecule has 5 heteroatoms. The van der Waals surface area contributed by atoms with Gasteiger partial charge in [-0.25, -0.2) is 14.8 Å². The van der Waals surface area contributed by atoms with E-state index in [0.717, 1.165) is 37.7 Å². The van der Waals surface area contributed by atoms with Crippen molar-refractivity contribution in [1.29, 1.82) is 0 Å². The van der Waals surface area contributed by atoms with Crippen LogP contribution in [0, 0.1) is 18.8 Å². The zero-order chi connectivity index (χ0) is 17.2. The monoisotopic (exact) mass is 336 g/mol. The molecule has 0 bridgehead atoms. The van der Waals surface area contributed by atoms with Gasteiger partial charge >= 0.3 is 6.03 Å². The molecule has 4 rings (SSSR count). The number of anilines is 1. The van der Waals surface area contributed by atoms with Gasteiger partial charge in [0.2, 0.25) is 0 Å². The number of aromatic nitrogens is 2. The van der Waals surface area contributed by atoms with Gasteiger partial charge in [-0.2, -0.15) is 0 Å². The SMILES string of the molecule is Cc1ccc(CC2CN(C(=O)Nc3cnc(CC4CC4)nc3)C2)cc1. The minimum Gasteiger partial charge on any atom is -0.324 e. The van der Waals surface area contributed by atoms with E-state index in [1.54, 1.807) is 12.4 Å². The largest absolute Gasteiger partial charge is 0.324 e. The second kappa shape index (κ2) is 6.82. The van der Waals surface area contributed by atoms with Crippen LogP contribution in [0.3, 0.4) is 0 Å². The summed E-state index contributed by atoms with van der Waals surface area (Å²) in [6, 6.07) is 8.59. The number of nitrogens with zero attached hydrogens (tertiary/aromatic N) is 3. The Kier molecular flexibility index (Phi) is 4.38. The fourth-order valence-electron chi connectivity index (χ4n) is 3.23. The highest BCUT2D eigenvalue weighted by atomic mass is 16.2. The van der Waals surface area contributed by atoms with Gasteiger partial charge in [0.1, 0.15) is 5.82 Å². The van der Waals surface area contributed by atoms with Gasteiger partial charge in [-0.05, 0) is 43.6 Å². The zero-order valence-corrected chi connectivity index (χ0v) is 14.6. The van der Waals surface area contributed by atoms with Crippen molar-refractivity contribution in [3.8, 4) is 0 Å². The molecule has 2 aromatic rings. The summed E-state index contributed by atoms with van der Waals surface area (Å²) in [5.41, 5.74) is 3.30. The molecule has 0 radical (unpaired) electrons. The quantitative estimate of drug-likeness (QED) is 0.910. The third-order valence-corrected chi connectivity index (χ3v) is 5.01. The van der Waals surface area contributed by atoms with Crippen LogP contribution in [0.5, 0.6) is 0 Å². The molecule has 2 fully saturated rings. The van der Waals surface area contributed by atoms with Crippen LogP contribution in [0.4, 0.5) is 10.5 Å². The van der Waals surface area contributed by atoms with Crippen molar-refractivity contribution in [2.45, 2.75) is 32.6 Å². The van der Waals surface area contributed by atoms with Gasteiger partial charge in [-0.3, -0.25) is 0 Å². The third-order valence-electron chi connectivity index (χ3n) is 5.01. The Hall–Kier alpha value is -2.43. The first kappa shape index (κ1) is 16.1. The number of likely N-dealkylation sites (tertiary alicyclic amines) is 1. The van der Waals surface area contributed by atoms with Crippen molar-refractivity contribution in [3.63, 3.8) is 0 Å². The lowest BCUT2D eigenvalue weighted by Gasteiger charge is -2.39. The van der Waals surface area contributed by atoms with E-state index >= 15 is 0 Å². The smallest absolute Gasteiger partial charge is 0.321 e. The lowest BCUT2D eigenvalue weighted by atomic mass is 9.92. The normalized spacial score (nSPS) is 17.2. The molecular formula is C20H24N4O. The van der Waals surface area contributed by atoms with Crippen LogP contribution < -0.4 is 5.32 Å². The van der Waals surface area contributed by atoms with E-state index in [2.05, 4.69) is 46.5 Å². The highest BCUT2D eigenvalue weighted by Gasteiger charge is 2.30. The van der Waals surface area contributed by atoms with Crippen molar-refractivity contribution < 1.29 is 4.79 Å². The molecule has 1 aromatic heterocycles. The molecule has 1 aromatic carbocycles. The highest BCUT2D eigenvalue weighted by Crippen LogP contribution is 2.31. The number of nitrogens with one attached hydrogen (secondary N) is 1. The van der Waals surface area contributed by atoms with E-state index in [0.29, 0.717) is 11.6 Å². The van der Waals surface area contributed by atoms with Gasteiger partial charge in [0.15, 0.2) is 0 Å². The topological polar surface area (TPSA) is 58.1 Å². The fraction of sp³-hybridized carbons (Fsp3) is 0.450. The van der Waals surface area contributed by atoms with Crippen LogP contribution in [-0.2, 0) is 12.8 Å². The number of hydrogen-bond donors (Lipinski definition) is 1. The lowest BCUT2D eigenvalue weighted by molar-refractivity contribution is 0.131. The van der Waals surface area contributed by atoms with Crippen LogP contribution in [0.1, 0.15) is 29.8 Å². The summed E-state index contributed by atoms with van der Waals surface area (Å²) in [6.07, 6.45) is 8.00. The Balaban J connectivity index is 1.23. The van der Waals surface area contributed by atoms with Crippen LogP contribution in [-0.4, -0.2) is 34.0 Å². The Morgan fingerprint density at radius 3 is 2.40 bits per heavy atom. The summed E-state index contributed by atoms with van der Waals surface area (Å²) in [4.78, 5) is 22.8. The minimum atomic E-state index is -0.0568. The molecule has 0 unspecified atom stereocenters. The Bertz CT molecular complexity index is 731. The standard InChI is InChI=1S/C20H24N4O/c1-14-2-4-15(5-3-14)8-17-12-24(13-17)20(25)23-18-10-21-19(22-11-18)9-16-6-7-16/h2-5,10-11,16-17H,6-9,12-13H2,1H3,(H,23,25). The van der Waals surface area contributed by atoms with Gasteiger partial charge < -0.3 is 10.2 Å². The van der Waals surface area contributed by atoms with E-state index in [-0.39, 0.29) is 6.03 Å². The van der Waals surface area contributed by atoms with Crippen LogP contribution in [0.15, 0.2) is 36.7 Å². The molecule has 2 aliphatic rings. The third kappa shape index (κ3) is 4.16. The first-order chi connectivity index (χ1) is 12.2.